The fraction of sp³-hybridized carbons (Fsp3) is 0.357. The molecule has 18 heavy (non-hydrogen) atoms. The molecule has 3 nitrogen and oxygen atoms in total. The number of thiophene rings is 1. The van der Waals surface area contributed by atoms with Crippen molar-refractivity contribution in [2.75, 3.05) is 0 Å². The van der Waals surface area contributed by atoms with Gasteiger partial charge in [-0.3, -0.25) is 0 Å². The van der Waals surface area contributed by atoms with Gasteiger partial charge < -0.3 is 10.1 Å². The van der Waals surface area contributed by atoms with Crippen molar-refractivity contribution in [2.24, 2.45) is 0 Å². The molecule has 0 bridgehead atoms. The molecule has 0 aliphatic heterocycles. The fourth-order valence-corrected chi connectivity index (χ4v) is 2.45. The molecule has 4 heteroatoms. The predicted octanol–water partition coefficient (Wildman–Crippen LogP) is 3.93. The topological polar surface area (TPSA) is 38.3 Å². The summed E-state index contributed by atoms with van der Waals surface area (Å²) in [5.74, 6) is 0. The van der Waals surface area contributed by atoms with E-state index in [1.54, 1.807) is 11.3 Å². The molecule has 2 rings (SSSR count). The lowest BCUT2D eigenvalue weighted by atomic mass is 10.2. The second kappa shape index (κ2) is 4.98. The number of alkyl carbamates (subject to hydrolysis) is 1. The van der Waals surface area contributed by atoms with Gasteiger partial charge in [0.05, 0.1) is 0 Å². The Morgan fingerprint density at radius 2 is 2.11 bits per heavy atom. The predicted molar refractivity (Wildman–Crippen MR) is 74.9 cm³/mol. The van der Waals surface area contributed by atoms with Crippen molar-refractivity contribution in [3.63, 3.8) is 0 Å². The highest BCUT2D eigenvalue weighted by atomic mass is 32.1. The molecule has 1 aromatic heterocycles. The molecule has 0 saturated heterocycles. The molecule has 0 aliphatic carbocycles. The number of rotatable bonds is 2. The molecule has 0 atom stereocenters. The summed E-state index contributed by atoms with van der Waals surface area (Å²) in [5, 5.41) is 6.06. The Bertz CT molecular complexity index is 554. The van der Waals surface area contributed by atoms with Gasteiger partial charge in [-0.05, 0) is 49.2 Å². The number of benzene rings is 1. The molecule has 1 amide bonds. The maximum atomic E-state index is 11.5. The standard InChI is InChI=1S/C14H17NO2S/c1-14(2,3)17-13(16)15-9-10-4-5-11-6-7-18-12(11)8-10/h4-8H,9H2,1-3H3,(H,15,16). The van der Waals surface area contributed by atoms with E-state index in [0.29, 0.717) is 6.54 Å². The third-order valence-electron chi connectivity index (χ3n) is 2.36. The van der Waals surface area contributed by atoms with E-state index in [1.807, 2.05) is 26.8 Å². The van der Waals surface area contributed by atoms with Crippen LogP contribution in [0.4, 0.5) is 4.79 Å². The van der Waals surface area contributed by atoms with Crippen LogP contribution in [0.15, 0.2) is 29.6 Å². The lowest BCUT2D eigenvalue weighted by Crippen LogP contribution is -2.32. The van der Waals surface area contributed by atoms with Crippen LogP contribution in [-0.2, 0) is 11.3 Å². The zero-order valence-corrected chi connectivity index (χ0v) is 11.6. The van der Waals surface area contributed by atoms with Crippen molar-refractivity contribution in [1.29, 1.82) is 0 Å². The van der Waals surface area contributed by atoms with Crippen LogP contribution in [0, 0.1) is 0 Å². The minimum Gasteiger partial charge on any atom is -0.444 e. The van der Waals surface area contributed by atoms with E-state index < -0.39 is 5.60 Å². The van der Waals surface area contributed by atoms with E-state index in [-0.39, 0.29) is 6.09 Å². The van der Waals surface area contributed by atoms with Crippen molar-refractivity contribution in [3.05, 3.63) is 35.2 Å². The van der Waals surface area contributed by atoms with Gasteiger partial charge in [0, 0.05) is 11.2 Å². The van der Waals surface area contributed by atoms with Crippen molar-refractivity contribution < 1.29 is 9.53 Å². The van der Waals surface area contributed by atoms with Crippen molar-refractivity contribution in [3.8, 4) is 0 Å². The molecular weight excluding hydrogens is 246 g/mol. The van der Waals surface area contributed by atoms with Crippen LogP contribution in [0.1, 0.15) is 26.3 Å². The van der Waals surface area contributed by atoms with Gasteiger partial charge in [0.25, 0.3) is 0 Å². The number of amides is 1. The zero-order valence-electron chi connectivity index (χ0n) is 10.8. The van der Waals surface area contributed by atoms with Crippen LogP contribution < -0.4 is 5.32 Å². The second-order valence-corrected chi connectivity index (χ2v) is 6.10. The highest BCUT2D eigenvalue weighted by Gasteiger charge is 2.15. The molecule has 2 aromatic rings. The Balaban J connectivity index is 1.95. The largest absolute Gasteiger partial charge is 0.444 e. The number of nitrogens with one attached hydrogen (secondary N) is 1. The number of hydrogen-bond acceptors (Lipinski definition) is 3. The summed E-state index contributed by atoms with van der Waals surface area (Å²) in [6, 6.07) is 8.27. The number of fused-ring (bicyclic) bond motifs is 1. The zero-order chi connectivity index (χ0) is 13.2. The van der Waals surface area contributed by atoms with Gasteiger partial charge >= 0.3 is 6.09 Å². The molecule has 0 radical (unpaired) electrons. The highest BCUT2D eigenvalue weighted by molar-refractivity contribution is 7.17. The van der Waals surface area contributed by atoms with E-state index in [1.165, 1.54) is 10.1 Å². The van der Waals surface area contributed by atoms with Gasteiger partial charge in [0.2, 0.25) is 0 Å². The van der Waals surface area contributed by atoms with Crippen LogP contribution in [0.3, 0.4) is 0 Å². The Morgan fingerprint density at radius 1 is 1.33 bits per heavy atom. The summed E-state index contributed by atoms with van der Waals surface area (Å²) in [4.78, 5) is 11.5. The molecule has 0 fully saturated rings. The normalized spacial score (nSPS) is 11.5. The Labute approximate surface area is 111 Å². The summed E-state index contributed by atoms with van der Waals surface area (Å²) in [7, 11) is 0. The van der Waals surface area contributed by atoms with Crippen LogP contribution in [0.2, 0.25) is 0 Å². The number of carbonyl (C=O) groups is 1. The van der Waals surface area contributed by atoms with Crippen molar-refractivity contribution in [1.82, 2.24) is 5.32 Å². The number of carbonyl (C=O) groups excluding carboxylic acids is 1. The van der Waals surface area contributed by atoms with Gasteiger partial charge in [-0.25, -0.2) is 4.79 Å². The van der Waals surface area contributed by atoms with E-state index in [0.717, 1.165) is 5.56 Å². The number of ether oxygens (including phenoxy) is 1. The molecule has 0 spiro atoms. The summed E-state index contributed by atoms with van der Waals surface area (Å²) >= 11 is 1.70. The smallest absolute Gasteiger partial charge is 0.407 e. The first-order valence-electron chi connectivity index (χ1n) is 5.87. The van der Waals surface area contributed by atoms with Crippen LogP contribution in [-0.4, -0.2) is 11.7 Å². The van der Waals surface area contributed by atoms with E-state index in [4.69, 9.17) is 4.74 Å². The fourth-order valence-electron chi connectivity index (χ4n) is 1.60. The Morgan fingerprint density at radius 3 is 2.83 bits per heavy atom. The van der Waals surface area contributed by atoms with Gasteiger partial charge in [-0.15, -0.1) is 11.3 Å². The molecule has 1 aromatic carbocycles. The first kappa shape index (κ1) is 12.9. The molecule has 0 unspecified atom stereocenters. The van der Waals surface area contributed by atoms with E-state index in [2.05, 4.69) is 28.9 Å². The summed E-state index contributed by atoms with van der Waals surface area (Å²) < 4.78 is 6.42. The first-order chi connectivity index (χ1) is 8.44. The Kier molecular flexibility index (Phi) is 3.57. The SMILES string of the molecule is CC(C)(C)OC(=O)NCc1ccc2ccsc2c1. The molecule has 1 N–H and O–H groups in total. The summed E-state index contributed by atoms with van der Waals surface area (Å²) in [5.41, 5.74) is 0.623. The lowest BCUT2D eigenvalue weighted by Gasteiger charge is -2.19. The maximum Gasteiger partial charge on any atom is 0.407 e. The van der Waals surface area contributed by atoms with Crippen LogP contribution in [0.5, 0.6) is 0 Å². The number of hydrogen-bond donors (Lipinski definition) is 1. The third-order valence-corrected chi connectivity index (χ3v) is 3.24. The summed E-state index contributed by atoms with van der Waals surface area (Å²) in [6.07, 6.45) is -0.381. The molecular formula is C14H17NO2S. The Hall–Kier alpha value is -1.55. The molecule has 0 aliphatic rings. The van der Waals surface area contributed by atoms with Gasteiger partial charge in [0.1, 0.15) is 5.60 Å². The van der Waals surface area contributed by atoms with E-state index in [9.17, 15) is 4.79 Å². The average molecular weight is 263 g/mol. The average Bonchev–Trinajstić information content (AvgIpc) is 2.71. The van der Waals surface area contributed by atoms with E-state index >= 15 is 0 Å². The lowest BCUT2D eigenvalue weighted by molar-refractivity contribution is 0.0523. The van der Waals surface area contributed by atoms with Crippen molar-refractivity contribution in [2.45, 2.75) is 32.9 Å². The molecule has 0 saturated carbocycles. The maximum absolute atomic E-state index is 11.5. The van der Waals surface area contributed by atoms with Gasteiger partial charge in [-0.1, -0.05) is 12.1 Å². The summed E-state index contributed by atoms with van der Waals surface area (Å²) in [6.45, 7) is 6.04. The minimum atomic E-state index is -0.457. The second-order valence-electron chi connectivity index (χ2n) is 5.15. The van der Waals surface area contributed by atoms with Crippen LogP contribution in [0.25, 0.3) is 10.1 Å². The monoisotopic (exact) mass is 263 g/mol. The molecule has 96 valence electrons. The minimum absolute atomic E-state index is 0.381. The highest BCUT2D eigenvalue weighted by Crippen LogP contribution is 2.21. The van der Waals surface area contributed by atoms with Crippen LogP contribution >= 0.6 is 11.3 Å². The van der Waals surface area contributed by atoms with Gasteiger partial charge in [-0.2, -0.15) is 0 Å². The quantitative estimate of drug-likeness (QED) is 0.891. The van der Waals surface area contributed by atoms with Crippen molar-refractivity contribution >= 4 is 27.5 Å². The first-order valence-corrected chi connectivity index (χ1v) is 6.75. The van der Waals surface area contributed by atoms with Gasteiger partial charge in [0.15, 0.2) is 0 Å². The molecule has 1 heterocycles. The third kappa shape index (κ3) is 3.47.